The molecule has 11 heteroatoms. The van der Waals surface area contributed by atoms with Gasteiger partial charge in [-0.2, -0.15) is 13.2 Å². The van der Waals surface area contributed by atoms with Crippen LogP contribution in [0, 0.1) is 0 Å². The van der Waals surface area contributed by atoms with E-state index in [4.69, 9.17) is 33.0 Å². The molecule has 0 N–H and O–H groups in total. The Balaban J connectivity index is 1.66. The lowest BCUT2D eigenvalue weighted by molar-refractivity contribution is -0.647. The molecule has 0 unspecified atom stereocenters. The minimum Gasteiger partial charge on any atom is -0.329 e. The molecule has 3 aromatic rings. The van der Waals surface area contributed by atoms with Crippen molar-refractivity contribution in [3.63, 3.8) is 0 Å². The number of halogens is 5. The zero-order valence-electron chi connectivity index (χ0n) is 23.2. The standard InChI is InChI=1S/C29H32Cl2F3N4O2/c1-7-37-25-15-21(30)19(17-40-39-6)13-23(25)35(4)27(37)11-9-18(3)10-12-28-36(5)24-14-20(29(32,33)34)22(31)16-26(24)38(28)8-2/h9-16H,7-8,17H2,1-6H3/q+1. The number of aromatic nitrogens is 2. The maximum absolute atomic E-state index is 13.5. The van der Waals surface area contributed by atoms with E-state index >= 15 is 0 Å². The van der Waals surface area contributed by atoms with Crippen molar-refractivity contribution in [2.24, 2.45) is 7.05 Å². The third-order valence-corrected chi connectivity index (χ3v) is 7.68. The molecule has 0 bridgehead atoms. The van der Waals surface area contributed by atoms with E-state index in [9.17, 15) is 13.2 Å². The molecule has 0 fully saturated rings. The molecule has 6 nitrogen and oxygen atoms in total. The fourth-order valence-corrected chi connectivity index (χ4v) is 5.43. The van der Waals surface area contributed by atoms with Crippen LogP contribution < -0.4 is 14.4 Å². The first-order valence-electron chi connectivity index (χ1n) is 12.8. The molecule has 1 aromatic heterocycles. The Morgan fingerprint density at radius 3 is 2.40 bits per heavy atom. The quantitative estimate of drug-likeness (QED) is 0.116. The van der Waals surface area contributed by atoms with E-state index in [2.05, 4.69) is 16.7 Å². The number of fused-ring (bicyclic) bond motifs is 2. The lowest BCUT2D eigenvalue weighted by Gasteiger charge is -2.20. The molecule has 1 aliphatic heterocycles. The second-order valence-electron chi connectivity index (χ2n) is 9.41. The smallest absolute Gasteiger partial charge is 0.329 e. The maximum atomic E-state index is 13.5. The second-order valence-corrected chi connectivity index (χ2v) is 10.2. The first-order valence-corrected chi connectivity index (χ1v) is 13.5. The number of nitrogens with zero attached hydrogens (tertiary/aromatic N) is 4. The number of benzene rings is 2. The van der Waals surface area contributed by atoms with Gasteiger partial charge in [-0.15, -0.1) is 0 Å². The van der Waals surface area contributed by atoms with Crippen LogP contribution in [0.3, 0.4) is 0 Å². The van der Waals surface area contributed by atoms with Crippen molar-refractivity contribution in [1.82, 2.24) is 4.57 Å². The summed E-state index contributed by atoms with van der Waals surface area (Å²) in [6.45, 7) is 7.54. The van der Waals surface area contributed by atoms with Crippen LogP contribution in [0.5, 0.6) is 0 Å². The molecule has 214 valence electrons. The predicted molar refractivity (Wildman–Crippen MR) is 154 cm³/mol. The Hall–Kier alpha value is -2.98. The highest BCUT2D eigenvalue weighted by Crippen LogP contribution is 2.43. The molecule has 0 aliphatic carbocycles. The average Bonchev–Trinajstić information content (AvgIpc) is 3.31. The molecule has 0 saturated carbocycles. The molecular weight excluding hydrogens is 564 g/mol. The lowest BCUT2D eigenvalue weighted by Crippen LogP contribution is -2.31. The normalized spacial score (nSPS) is 15.4. The third-order valence-electron chi connectivity index (χ3n) is 7.01. The van der Waals surface area contributed by atoms with Gasteiger partial charge in [0, 0.05) is 42.4 Å². The van der Waals surface area contributed by atoms with Crippen LogP contribution in [0.1, 0.15) is 37.7 Å². The summed E-state index contributed by atoms with van der Waals surface area (Å²) in [6.07, 6.45) is 3.36. The summed E-state index contributed by atoms with van der Waals surface area (Å²) in [4.78, 5) is 14.1. The van der Waals surface area contributed by atoms with Crippen LogP contribution in [0.15, 0.2) is 53.9 Å². The molecule has 0 spiro atoms. The third kappa shape index (κ3) is 5.61. The van der Waals surface area contributed by atoms with E-state index in [1.807, 2.05) is 61.9 Å². The maximum Gasteiger partial charge on any atom is 0.418 e. The summed E-state index contributed by atoms with van der Waals surface area (Å²) in [5.74, 6) is 1.74. The van der Waals surface area contributed by atoms with Crippen molar-refractivity contribution >= 4 is 51.7 Å². The SMILES string of the molecule is CCN1/C(=C/C=C(C)/C=C/c2n(CC)c3cc(Cl)c(C(F)(F)F)cc3[n+]2C)N(C)c2cc(COOC)c(Cl)cc21. The molecule has 0 atom stereocenters. The van der Waals surface area contributed by atoms with E-state index in [-0.39, 0.29) is 11.6 Å². The van der Waals surface area contributed by atoms with Crippen LogP contribution in [-0.4, -0.2) is 25.3 Å². The number of rotatable bonds is 8. The highest BCUT2D eigenvalue weighted by atomic mass is 35.5. The van der Waals surface area contributed by atoms with Gasteiger partial charge in [-0.1, -0.05) is 40.9 Å². The van der Waals surface area contributed by atoms with E-state index < -0.39 is 11.7 Å². The Labute approximate surface area is 242 Å². The van der Waals surface area contributed by atoms with Crippen molar-refractivity contribution in [2.75, 3.05) is 30.5 Å². The first-order chi connectivity index (χ1) is 18.9. The van der Waals surface area contributed by atoms with Gasteiger partial charge in [-0.3, -0.25) is 0 Å². The van der Waals surface area contributed by atoms with E-state index in [1.165, 1.54) is 13.2 Å². The molecule has 2 aromatic carbocycles. The number of imidazole rings is 1. The number of hydrogen-bond donors (Lipinski definition) is 0. The van der Waals surface area contributed by atoms with Crippen molar-refractivity contribution in [3.8, 4) is 0 Å². The highest BCUT2D eigenvalue weighted by molar-refractivity contribution is 6.32. The zero-order chi connectivity index (χ0) is 29.4. The summed E-state index contributed by atoms with van der Waals surface area (Å²) < 4.78 is 44.1. The Morgan fingerprint density at radius 1 is 1.05 bits per heavy atom. The van der Waals surface area contributed by atoms with Gasteiger partial charge in [0.15, 0.2) is 11.0 Å². The van der Waals surface area contributed by atoms with Gasteiger partial charge in [0.2, 0.25) is 0 Å². The molecule has 2 heterocycles. The number of alkyl halides is 3. The molecule has 0 amide bonds. The van der Waals surface area contributed by atoms with Crippen LogP contribution >= 0.6 is 23.2 Å². The highest BCUT2D eigenvalue weighted by Gasteiger charge is 2.36. The van der Waals surface area contributed by atoms with Gasteiger partial charge in [-0.05, 0) is 39.0 Å². The minimum atomic E-state index is -4.53. The summed E-state index contributed by atoms with van der Waals surface area (Å²) >= 11 is 12.5. The molecule has 4 rings (SSSR count). The van der Waals surface area contributed by atoms with Gasteiger partial charge >= 0.3 is 6.18 Å². The van der Waals surface area contributed by atoms with Crippen molar-refractivity contribution in [3.05, 3.63) is 80.9 Å². The number of allylic oxidation sites excluding steroid dienone is 4. The Morgan fingerprint density at radius 2 is 1.77 bits per heavy atom. The van der Waals surface area contributed by atoms with Crippen molar-refractivity contribution < 1.29 is 27.5 Å². The van der Waals surface area contributed by atoms with Gasteiger partial charge in [0.25, 0.3) is 5.82 Å². The minimum absolute atomic E-state index is 0.237. The Kier molecular flexibility index (Phi) is 8.89. The molecule has 0 saturated heterocycles. The van der Waals surface area contributed by atoms with Crippen LogP contribution in [0.25, 0.3) is 17.1 Å². The largest absolute Gasteiger partial charge is 0.418 e. The fourth-order valence-electron chi connectivity index (χ4n) is 4.96. The lowest BCUT2D eigenvalue weighted by atomic mass is 10.1. The zero-order valence-corrected chi connectivity index (χ0v) is 24.7. The van der Waals surface area contributed by atoms with Crippen LogP contribution in [0.2, 0.25) is 10.0 Å². The first kappa shape index (κ1) is 30.0. The van der Waals surface area contributed by atoms with Crippen molar-refractivity contribution in [1.29, 1.82) is 0 Å². The fraction of sp³-hybridized carbons (Fsp3) is 0.345. The number of hydrogen-bond acceptors (Lipinski definition) is 4. The number of anilines is 2. The topological polar surface area (TPSA) is 33.8 Å². The van der Waals surface area contributed by atoms with Gasteiger partial charge in [0.1, 0.15) is 12.4 Å². The van der Waals surface area contributed by atoms with E-state index in [0.29, 0.717) is 22.6 Å². The monoisotopic (exact) mass is 595 g/mol. The summed E-state index contributed by atoms with van der Waals surface area (Å²) in [7, 11) is 5.20. The second kappa shape index (κ2) is 11.9. The summed E-state index contributed by atoms with van der Waals surface area (Å²) in [5, 5.41) is 0.286. The predicted octanol–water partition coefficient (Wildman–Crippen LogP) is 7.67. The van der Waals surface area contributed by atoms with Crippen molar-refractivity contribution in [2.45, 2.75) is 40.1 Å². The van der Waals surface area contributed by atoms with Gasteiger partial charge in [-0.25, -0.2) is 18.9 Å². The number of aryl methyl sites for hydroxylation is 2. The van der Waals surface area contributed by atoms with Gasteiger partial charge in [0.05, 0.1) is 42.7 Å². The van der Waals surface area contributed by atoms with Gasteiger partial charge < -0.3 is 9.80 Å². The molecular formula is C29H32Cl2F3N4O2+. The average molecular weight is 597 g/mol. The van der Waals surface area contributed by atoms with E-state index in [0.717, 1.165) is 46.8 Å². The Bertz CT molecular complexity index is 1530. The molecule has 40 heavy (non-hydrogen) atoms. The van der Waals surface area contributed by atoms with Crippen LogP contribution in [0.4, 0.5) is 24.5 Å². The van der Waals surface area contributed by atoms with E-state index in [1.54, 1.807) is 11.6 Å². The summed E-state index contributed by atoms with van der Waals surface area (Å²) in [5.41, 5.74) is 4.05. The molecule has 0 radical (unpaired) electrons. The summed E-state index contributed by atoms with van der Waals surface area (Å²) in [6, 6.07) is 6.43. The molecule has 1 aliphatic rings. The van der Waals surface area contributed by atoms with Crippen LogP contribution in [-0.2, 0) is 36.2 Å².